The van der Waals surface area contributed by atoms with E-state index in [2.05, 4.69) is 56.4 Å². The van der Waals surface area contributed by atoms with Gasteiger partial charge in [-0.15, -0.1) is 0 Å². The fraction of sp³-hybridized carbons (Fsp3) is 0.435. The largest absolute Gasteiger partial charge is 0.378 e. The minimum atomic E-state index is -0.146. The van der Waals surface area contributed by atoms with E-state index in [9.17, 15) is 4.79 Å². The van der Waals surface area contributed by atoms with Gasteiger partial charge in [0.25, 0.3) is 0 Å². The van der Waals surface area contributed by atoms with Crippen molar-refractivity contribution in [3.05, 3.63) is 54.6 Å². The molecule has 0 aromatic heterocycles. The van der Waals surface area contributed by atoms with Gasteiger partial charge in [-0.25, -0.2) is 0 Å². The molecule has 1 amide bonds. The maximum Gasteiger partial charge on any atom is 0.241 e. The molecule has 2 aliphatic heterocycles. The van der Waals surface area contributed by atoms with E-state index in [1.807, 2.05) is 25.1 Å². The van der Waals surface area contributed by atoms with Crippen molar-refractivity contribution in [3.8, 4) is 0 Å². The quantitative estimate of drug-likeness (QED) is 0.845. The molecule has 2 aliphatic rings. The Morgan fingerprint density at radius 3 is 2.07 bits per heavy atom. The second-order valence-corrected chi connectivity index (χ2v) is 7.67. The average Bonchev–Trinajstić information content (AvgIpc) is 2.80. The molecule has 0 bridgehead atoms. The number of para-hydroxylation sites is 1. The molecule has 2 heterocycles. The third-order valence-electron chi connectivity index (χ3n) is 5.87. The van der Waals surface area contributed by atoms with Crippen LogP contribution in [0.25, 0.3) is 0 Å². The zero-order valence-electron chi connectivity index (χ0n) is 17.1. The summed E-state index contributed by atoms with van der Waals surface area (Å²) < 4.78 is 5.41. The molecule has 2 aromatic carbocycles. The zero-order valence-corrected chi connectivity index (χ0v) is 17.1. The van der Waals surface area contributed by atoms with E-state index in [1.165, 1.54) is 11.4 Å². The predicted octanol–water partition coefficient (Wildman–Crippen LogP) is 2.67. The molecular formula is C23H30N4O2. The van der Waals surface area contributed by atoms with E-state index in [1.54, 1.807) is 0 Å². The third-order valence-corrected chi connectivity index (χ3v) is 5.87. The standard InChI is InChI=1S/C23H30N4O2/c1-19(25-11-13-26(14-12-25)21-5-3-2-4-6-21)23(28)24-20-7-9-22(10-8-20)27-15-17-29-18-16-27/h2-10,19H,11-18H2,1H3,(H,24,28)/t19-/m1/s1. The number of hydrogen-bond donors (Lipinski definition) is 1. The Morgan fingerprint density at radius 1 is 0.828 bits per heavy atom. The molecule has 29 heavy (non-hydrogen) atoms. The Labute approximate surface area is 173 Å². The number of rotatable bonds is 5. The Kier molecular flexibility index (Phi) is 6.32. The van der Waals surface area contributed by atoms with E-state index >= 15 is 0 Å². The van der Waals surface area contributed by atoms with Crippen LogP contribution in [0, 0.1) is 0 Å². The Balaban J connectivity index is 1.28. The molecule has 2 saturated heterocycles. The van der Waals surface area contributed by atoms with Crippen LogP contribution < -0.4 is 15.1 Å². The third kappa shape index (κ3) is 4.89. The second-order valence-electron chi connectivity index (χ2n) is 7.67. The number of carbonyl (C=O) groups is 1. The summed E-state index contributed by atoms with van der Waals surface area (Å²) in [6.07, 6.45) is 0. The van der Waals surface area contributed by atoms with Crippen LogP contribution in [0.4, 0.5) is 17.1 Å². The lowest BCUT2D eigenvalue weighted by molar-refractivity contribution is -0.120. The highest BCUT2D eigenvalue weighted by molar-refractivity contribution is 5.94. The van der Waals surface area contributed by atoms with Crippen molar-refractivity contribution in [2.45, 2.75) is 13.0 Å². The molecule has 0 spiro atoms. The van der Waals surface area contributed by atoms with Crippen LogP contribution >= 0.6 is 0 Å². The van der Waals surface area contributed by atoms with Crippen molar-refractivity contribution in [3.63, 3.8) is 0 Å². The van der Waals surface area contributed by atoms with Crippen LogP contribution in [-0.2, 0) is 9.53 Å². The number of hydrogen-bond acceptors (Lipinski definition) is 5. The average molecular weight is 395 g/mol. The highest BCUT2D eigenvalue weighted by atomic mass is 16.5. The molecule has 1 N–H and O–H groups in total. The van der Waals surface area contributed by atoms with Crippen molar-refractivity contribution in [2.75, 3.05) is 67.6 Å². The summed E-state index contributed by atoms with van der Waals surface area (Å²) in [4.78, 5) is 19.7. The number of anilines is 3. The van der Waals surface area contributed by atoms with E-state index < -0.39 is 0 Å². The summed E-state index contributed by atoms with van der Waals surface area (Å²) in [5.41, 5.74) is 3.28. The first kappa shape index (κ1) is 19.7. The van der Waals surface area contributed by atoms with Crippen LogP contribution in [0.2, 0.25) is 0 Å². The van der Waals surface area contributed by atoms with Crippen LogP contribution in [0.15, 0.2) is 54.6 Å². The number of morpholine rings is 1. The number of carbonyl (C=O) groups excluding carboxylic acids is 1. The summed E-state index contributed by atoms with van der Waals surface area (Å²) in [7, 11) is 0. The van der Waals surface area contributed by atoms with Crippen molar-refractivity contribution >= 4 is 23.0 Å². The number of nitrogens with one attached hydrogen (secondary N) is 1. The molecule has 0 radical (unpaired) electrons. The number of ether oxygens (including phenoxy) is 1. The summed E-state index contributed by atoms with van der Waals surface area (Å²) in [6, 6.07) is 18.5. The molecule has 0 saturated carbocycles. The molecule has 6 nitrogen and oxygen atoms in total. The maximum absolute atomic E-state index is 12.8. The summed E-state index contributed by atoms with van der Waals surface area (Å²) in [6.45, 7) is 9.02. The van der Waals surface area contributed by atoms with E-state index in [-0.39, 0.29) is 11.9 Å². The molecule has 2 fully saturated rings. The van der Waals surface area contributed by atoms with E-state index in [0.717, 1.165) is 58.2 Å². The number of nitrogens with zero attached hydrogens (tertiary/aromatic N) is 3. The maximum atomic E-state index is 12.8. The van der Waals surface area contributed by atoms with Gasteiger partial charge >= 0.3 is 0 Å². The smallest absolute Gasteiger partial charge is 0.241 e. The Hall–Kier alpha value is -2.57. The van der Waals surface area contributed by atoms with Crippen LogP contribution in [0.3, 0.4) is 0 Å². The van der Waals surface area contributed by atoms with E-state index in [4.69, 9.17) is 4.74 Å². The first-order valence-electron chi connectivity index (χ1n) is 10.5. The topological polar surface area (TPSA) is 48.1 Å². The van der Waals surface area contributed by atoms with Gasteiger partial charge in [-0.05, 0) is 43.3 Å². The molecule has 1 atom stereocenters. The first-order valence-corrected chi connectivity index (χ1v) is 10.5. The molecule has 0 unspecified atom stereocenters. The number of amides is 1. The van der Waals surface area contributed by atoms with Crippen molar-refractivity contribution in [1.29, 1.82) is 0 Å². The van der Waals surface area contributed by atoms with Crippen LogP contribution in [0.1, 0.15) is 6.92 Å². The zero-order chi connectivity index (χ0) is 20.1. The van der Waals surface area contributed by atoms with Gasteiger partial charge in [-0.3, -0.25) is 9.69 Å². The highest BCUT2D eigenvalue weighted by Crippen LogP contribution is 2.20. The van der Waals surface area contributed by atoms with Gasteiger partial charge in [-0.1, -0.05) is 18.2 Å². The molecule has 0 aliphatic carbocycles. The summed E-state index contributed by atoms with van der Waals surface area (Å²) in [5, 5.41) is 3.07. The number of piperazine rings is 1. The number of benzene rings is 2. The van der Waals surface area contributed by atoms with Crippen molar-refractivity contribution in [1.82, 2.24) is 4.90 Å². The van der Waals surface area contributed by atoms with Crippen LogP contribution in [0.5, 0.6) is 0 Å². The fourth-order valence-corrected chi connectivity index (χ4v) is 4.00. The van der Waals surface area contributed by atoms with Gasteiger partial charge in [0.15, 0.2) is 0 Å². The van der Waals surface area contributed by atoms with Crippen LogP contribution in [-0.4, -0.2) is 69.3 Å². The lowest BCUT2D eigenvalue weighted by Crippen LogP contribution is -2.52. The molecule has 154 valence electrons. The lowest BCUT2D eigenvalue weighted by atomic mass is 10.2. The normalized spacial score (nSPS) is 19.1. The molecule has 6 heteroatoms. The predicted molar refractivity (Wildman–Crippen MR) is 118 cm³/mol. The minimum Gasteiger partial charge on any atom is -0.378 e. The van der Waals surface area contributed by atoms with E-state index in [0.29, 0.717) is 0 Å². The van der Waals surface area contributed by atoms with Gasteiger partial charge in [0, 0.05) is 56.3 Å². The molecule has 4 rings (SSSR count). The second kappa shape index (κ2) is 9.29. The van der Waals surface area contributed by atoms with Gasteiger partial charge in [0.2, 0.25) is 5.91 Å². The summed E-state index contributed by atoms with van der Waals surface area (Å²) in [5.74, 6) is 0.0530. The minimum absolute atomic E-state index is 0.0530. The lowest BCUT2D eigenvalue weighted by Gasteiger charge is -2.38. The molecule has 2 aromatic rings. The molecular weight excluding hydrogens is 364 g/mol. The summed E-state index contributed by atoms with van der Waals surface area (Å²) >= 11 is 0. The Morgan fingerprint density at radius 2 is 1.41 bits per heavy atom. The van der Waals surface area contributed by atoms with Crippen molar-refractivity contribution in [2.24, 2.45) is 0 Å². The fourth-order valence-electron chi connectivity index (χ4n) is 4.00. The van der Waals surface area contributed by atoms with Crippen molar-refractivity contribution < 1.29 is 9.53 Å². The first-order chi connectivity index (χ1) is 14.2. The Bertz CT molecular complexity index is 782. The van der Waals surface area contributed by atoms with Gasteiger partial charge in [0.1, 0.15) is 0 Å². The van der Waals surface area contributed by atoms with Gasteiger partial charge < -0.3 is 19.9 Å². The SMILES string of the molecule is C[C@H](C(=O)Nc1ccc(N2CCOCC2)cc1)N1CCN(c2ccccc2)CC1. The monoisotopic (exact) mass is 394 g/mol. The van der Waals surface area contributed by atoms with Gasteiger partial charge in [0.05, 0.1) is 19.3 Å². The highest BCUT2D eigenvalue weighted by Gasteiger charge is 2.25. The van der Waals surface area contributed by atoms with Gasteiger partial charge in [-0.2, -0.15) is 0 Å².